The van der Waals surface area contributed by atoms with E-state index in [2.05, 4.69) is 24.2 Å². The van der Waals surface area contributed by atoms with E-state index in [1.165, 1.54) is 0 Å². The summed E-state index contributed by atoms with van der Waals surface area (Å²) in [5.41, 5.74) is 3.29. The molecule has 0 fully saturated rings. The predicted molar refractivity (Wildman–Crippen MR) is 106 cm³/mol. The lowest BCUT2D eigenvalue weighted by molar-refractivity contribution is -0.117. The molecule has 1 N–H and O–H groups in total. The smallest absolute Gasteiger partial charge is 0.250 e. The number of rotatable bonds is 5. The molecule has 0 saturated heterocycles. The van der Waals surface area contributed by atoms with Gasteiger partial charge in [0.05, 0.1) is 18.7 Å². The van der Waals surface area contributed by atoms with Crippen LogP contribution in [0.1, 0.15) is 26.3 Å². The summed E-state index contributed by atoms with van der Waals surface area (Å²) in [7, 11) is 0. The minimum atomic E-state index is -0.226. The minimum Gasteiger partial charge on any atom is -0.494 e. The second-order valence-electron chi connectivity index (χ2n) is 6.91. The fourth-order valence-corrected chi connectivity index (χ4v) is 3.24. The summed E-state index contributed by atoms with van der Waals surface area (Å²) in [6.07, 6.45) is 7.51. The van der Waals surface area contributed by atoms with Crippen molar-refractivity contribution < 1.29 is 14.3 Å². The number of fused-ring (bicyclic) bond motifs is 1. The maximum Gasteiger partial charge on any atom is 0.250 e. The van der Waals surface area contributed by atoms with Gasteiger partial charge in [-0.05, 0) is 48.3 Å². The molecule has 0 spiro atoms. The second-order valence-corrected chi connectivity index (χ2v) is 6.91. The number of carbonyl (C=O) groups is 2. The number of hydrogen-bond donors (Lipinski definition) is 1. The molecule has 1 aromatic carbocycles. The van der Waals surface area contributed by atoms with Crippen LogP contribution in [0.3, 0.4) is 0 Å². The van der Waals surface area contributed by atoms with Gasteiger partial charge in [0.1, 0.15) is 5.75 Å². The highest BCUT2D eigenvalue weighted by Crippen LogP contribution is 2.31. The molecule has 5 nitrogen and oxygen atoms in total. The van der Waals surface area contributed by atoms with Crippen molar-refractivity contribution in [1.82, 2.24) is 5.32 Å². The quantitative estimate of drug-likeness (QED) is 0.871. The van der Waals surface area contributed by atoms with E-state index in [-0.39, 0.29) is 30.1 Å². The molecular weight excluding hydrogens is 340 g/mol. The van der Waals surface area contributed by atoms with Gasteiger partial charge in [-0.2, -0.15) is 0 Å². The Labute approximate surface area is 159 Å². The van der Waals surface area contributed by atoms with Crippen molar-refractivity contribution in [3.05, 3.63) is 65.4 Å². The first-order valence-electron chi connectivity index (χ1n) is 9.21. The van der Waals surface area contributed by atoms with Crippen LogP contribution in [0.5, 0.6) is 5.75 Å². The SMILES string of the molecule is CCOc1ccc(CC(=O)N=C2C=CC3C(=C2)NC(=O)C=C3C(C)C)cc1. The third-order valence-corrected chi connectivity index (χ3v) is 4.53. The Morgan fingerprint density at radius 2 is 1.96 bits per heavy atom. The molecule has 27 heavy (non-hydrogen) atoms. The molecule has 2 aliphatic rings. The number of ether oxygens (including phenoxy) is 1. The van der Waals surface area contributed by atoms with Gasteiger partial charge in [-0.25, -0.2) is 4.99 Å². The molecule has 2 amide bonds. The molecule has 1 aliphatic heterocycles. The van der Waals surface area contributed by atoms with Gasteiger partial charge in [-0.15, -0.1) is 0 Å². The summed E-state index contributed by atoms with van der Waals surface area (Å²) in [6, 6.07) is 7.44. The molecule has 1 aliphatic carbocycles. The third kappa shape index (κ3) is 4.61. The number of nitrogens with one attached hydrogen (secondary N) is 1. The Morgan fingerprint density at radius 3 is 2.63 bits per heavy atom. The van der Waals surface area contributed by atoms with Crippen molar-refractivity contribution in [2.45, 2.75) is 27.2 Å². The summed E-state index contributed by atoms with van der Waals surface area (Å²) < 4.78 is 5.40. The van der Waals surface area contributed by atoms with Crippen molar-refractivity contribution >= 4 is 17.5 Å². The fraction of sp³-hybridized carbons (Fsp3) is 0.318. The van der Waals surface area contributed by atoms with Crippen molar-refractivity contribution in [2.24, 2.45) is 16.8 Å². The molecule has 3 rings (SSSR count). The highest BCUT2D eigenvalue weighted by Gasteiger charge is 2.27. The molecule has 140 valence electrons. The van der Waals surface area contributed by atoms with E-state index in [1.807, 2.05) is 43.3 Å². The normalized spacial score (nSPS) is 20.1. The lowest BCUT2D eigenvalue weighted by atomic mass is 9.82. The molecule has 1 aromatic rings. The Kier molecular flexibility index (Phi) is 5.69. The van der Waals surface area contributed by atoms with Crippen LogP contribution in [-0.4, -0.2) is 24.1 Å². The highest BCUT2D eigenvalue weighted by atomic mass is 16.5. The van der Waals surface area contributed by atoms with Crippen molar-refractivity contribution in [2.75, 3.05) is 6.61 Å². The number of aliphatic imine (C=N–C) groups is 1. The minimum absolute atomic E-state index is 0.0443. The van der Waals surface area contributed by atoms with Gasteiger partial charge < -0.3 is 10.1 Å². The molecule has 1 heterocycles. The Balaban J connectivity index is 1.71. The lowest BCUT2D eigenvalue weighted by Gasteiger charge is -2.29. The highest BCUT2D eigenvalue weighted by molar-refractivity contribution is 6.11. The van der Waals surface area contributed by atoms with Gasteiger partial charge in [0.2, 0.25) is 5.91 Å². The average Bonchev–Trinajstić information content (AvgIpc) is 2.62. The largest absolute Gasteiger partial charge is 0.494 e. The van der Waals surface area contributed by atoms with E-state index in [1.54, 1.807) is 12.2 Å². The van der Waals surface area contributed by atoms with E-state index in [9.17, 15) is 9.59 Å². The number of carbonyl (C=O) groups excluding carboxylic acids is 2. The zero-order valence-electron chi connectivity index (χ0n) is 15.9. The van der Waals surface area contributed by atoms with Gasteiger partial charge >= 0.3 is 0 Å². The second kappa shape index (κ2) is 8.16. The number of allylic oxidation sites excluding steroid dienone is 3. The Hall–Kier alpha value is -2.95. The molecule has 0 saturated carbocycles. The predicted octanol–water partition coefficient (Wildman–Crippen LogP) is 3.38. The first-order valence-corrected chi connectivity index (χ1v) is 9.21. The van der Waals surface area contributed by atoms with Crippen LogP contribution >= 0.6 is 0 Å². The topological polar surface area (TPSA) is 67.8 Å². The summed E-state index contributed by atoms with van der Waals surface area (Å²) >= 11 is 0. The molecule has 5 heteroatoms. The van der Waals surface area contributed by atoms with Crippen molar-refractivity contribution in [3.63, 3.8) is 0 Å². The molecule has 0 bridgehead atoms. The average molecular weight is 364 g/mol. The lowest BCUT2D eigenvalue weighted by Crippen LogP contribution is -2.34. The molecule has 0 radical (unpaired) electrons. The molecular formula is C22H24N2O3. The molecule has 1 unspecified atom stereocenters. The Bertz CT molecular complexity index is 858. The monoisotopic (exact) mass is 364 g/mol. The zero-order valence-corrected chi connectivity index (χ0v) is 15.9. The van der Waals surface area contributed by atoms with E-state index >= 15 is 0 Å². The number of nitrogens with zero attached hydrogens (tertiary/aromatic N) is 1. The summed E-state index contributed by atoms with van der Waals surface area (Å²) in [6.45, 7) is 6.68. The fourth-order valence-electron chi connectivity index (χ4n) is 3.24. The summed E-state index contributed by atoms with van der Waals surface area (Å²) in [5.74, 6) is 0.747. The van der Waals surface area contributed by atoms with E-state index in [0.29, 0.717) is 12.3 Å². The number of benzene rings is 1. The molecule has 0 aromatic heterocycles. The number of amides is 2. The van der Waals surface area contributed by atoms with Crippen molar-refractivity contribution in [1.29, 1.82) is 0 Å². The zero-order chi connectivity index (χ0) is 19.4. The van der Waals surface area contributed by atoms with Crippen LogP contribution in [0.4, 0.5) is 0 Å². The van der Waals surface area contributed by atoms with Gasteiger partial charge in [0.15, 0.2) is 0 Å². The standard InChI is InChI=1S/C22H24N2O3/c1-4-27-17-8-5-15(6-9-17)11-21(25)23-16-7-10-18-19(14(2)3)13-22(26)24-20(18)12-16/h5-10,12-14,18H,4,11H2,1-3H3,(H,24,26). The van der Waals surface area contributed by atoms with Crippen LogP contribution in [-0.2, 0) is 16.0 Å². The van der Waals surface area contributed by atoms with Gasteiger partial charge in [-0.1, -0.05) is 32.1 Å². The first-order chi connectivity index (χ1) is 13.0. The van der Waals surface area contributed by atoms with Gasteiger partial charge in [-0.3, -0.25) is 9.59 Å². The van der Waals surface area contributed by atoms with E-state index in [0.717, 1.165) is 22.6 Å². The maximum atomic E-state index is 12.3. The third-order valence-electron chi connectivity index (χ3n) is 4.53. The maximum absolute atomic E-state index is 12.3. The summed E-state index contributed by atoms with van der Waals surface area (Å²) in [4.78, 5) is 28.4. The van der Waals surface area contributed by atoms with E-state index in [4.69, 9.17) is 4.74 Å². The van der Waals surface area contributed by atoms with Crippen LogP contribution < -0.4 is 10.1 Å². The van der Waals surface area contributed by atoms with Gasteiger partial charge in [0.25, 0.3) is 5.91 Å². The van der Waals surface area contributed by atoms with Crippen LogP contribution in [0.15, 0.2) is 64.8 Å². The number of hydrogen-bond acceptors (Lipinski definition) is 3. The first kappa shape index (κ1) is 18.8. The van der Waals surface area contributed by atoms with Crippen LogP contribution in [0.2, 0.25) is 0 Å². The molecule has 1 atom stereocenters. The van der Waals surface area contributed by atoms with Crippen LogP contribution in [0, 0.1) is 11.8 Å². The van der Waals surface area contributed by atoms with E-state index < -0.39 is 0 Å². The van der Waals surface area contributed by atoms with Crippen molar-refractivity contribution in [3.8, 4) is 5.75 Å². The summed E-state index contributed by atoms with van der Waals surface area (Å²) in [5, 5.41) is 2.86. The van der Waals surface area contributed by atoms with Gasteiger partial charge in [0, 0.05) is 17.7 Å². The van der Waals surface area contributed by atoms with Crippen LogP contribution in [0.25, 0.3) is 0 Å². The Morgan fingerprint density at radius 1 is 1.22 bits per heavy atom.